The summed E-state index contributed by atoms with van der Waals surface area (Å²) in [6, 6.07) is 0. The lowest BCUT2D eigenvalue weighted by Crippen LogP contribution is -2.42. The summed E-state index contributed by atoms with van der Waals surface area (Å²) in [5, 5.41) is 14.1. The lowest BCUT2D eigenvalue weighted by atomic mass is 9.77. The number of carbonyl (C=O) groups excluding carboxylic acids is 2. The van der Waals surface area contributed by atoms with Crippen molar-refractivity contribution in [1.82, 2.24) is 10.6 Å². The minimum absolute atomic E-state index is 0.0164. The first-order valence-corrected chi connectivity index (χ1v) is 9.57. The number of fused-ring (bicyclic) bond motifs is 2. The largest absolute Gasteiger partial charge is 0.481 e. The summed E-state index contributed by atoms with van der Waals surface area (Å²) in [6.45, 7) is 2.33. The summed E-state index contributed by atoms with van der Waals surface area (Å²) in [7, 11) is 0. The van der Waals surface area contributed by atoms with Crippen LogP contribution in [0.1, 0.15) is 51.9 Å². The number of hydrogen-bond acceptors (Lipinski definition) is 4. The molecule has 2 fully saturated rings. The molecule has 2 bridgehead atoms. The standard InChI is InChI=1S/C19H30N2O5/c1-2-17(22)21-12-18(23)20-11-14-13(15-9-10-16(14)26-15)7-5-3-4-6-8-19(24)25/h3,5,13-16H,2,4,6-12H2,1H3,(H,20,23)(H,21,22)(H,24,25)/b5-3-/t13-,14+,15-,16+/m1/s1. The van der Waals surface area contributed by atoms with E-state index in [0.717, 1.165) is 25.7 Å². The third-order valence-electron chi connectivity index (χ3n) is 5.23. The average molecular weight is 366 g/mol. The number of aliphatic carboxylic acids is 1. The molecule has 0 aromatic carbocycles. The molecule has 2 aliphatic heterocycles. The minimum atomic E-state index is -0.758. The van der Waals surface area contributed by atoms with E-state index in [2.05, 4.69) is 16.7 Å². The number of carboxylic acid groups (broad SMARTS) is 1. The van der Waals surface area contributed by atoms with Crippen LogP contribution in [0.2, 0.25) is 0 Å². The zero-order valence-corrected chi connectivity index (χ0v) is 15.4. The number of carbonyl (C=O) groups is 3. The van der Waals surface area contributed by atoms with Crippen molar-refractivity contribution in [3.8, 4) is 0 Å². The van der Waals surface area contributed by atoms with Gasteiger partial charge < -0.3 is 20.5 Å². The van der Waals surface area contributed by atoms with Gasteiger partial charge in [-0.2, -0.15) is 0 Å². The molecule has 4 atom stereocenters. The van der Waals surface area contributed by atoms with E-state index in [1.54, 1.807) is 6.92 Å². The predicted molar refractivity (Wildman–Crippen MR) is 96.4 cm³/mol. The van der Waals surface area contributed by atoms with Crippen molar-refractivity contribution >= 4 is 17.8 Å². The van der Waals surface area contributed by atoms with Crippen molar-refractivity contribution in [3.63, 3.8) is 0 Å². The van der Waals surface area contributed by atoms with Crippen LogP contribution in [0.15, 0.2) is 12.2 Å². The summed E-state index contributed by atoms with van der Waals surface area (Å²) in [6.07, 6.45) is 9.61. The SMILES string of the molecule is CCC(=O)NCC(=O)NC[C@H]1[C@@H](C/C=C\CCCC(=O)O)[C@H]2CC[C@@H]1O2. The van der Waals surface area contributed by atoms with Crippen LogP contribution in [0.25, 0.3) is 0 Å². The summed E-state index contributed by atoms with van der Waals surface area (Å²) >= 11 is 0. The highest BCUT2D eigenvalue weighted by Crippen LogP contribution is 2.44. The van der Waals surface area contributed by atoms with Gasteiger partial charge in [-0.25, -0.2) is 0 Å². The molecule has 26 heavy (non-hydrogen) atoms. The summed E-state index contributed by atoms with van der Waals surface area (Å²) in [4.78, 5) is 33.6. The molecule has 2 saturated heterocycles. The van der Waals surface area contributed by atoms with Gasteiger partial charge in [0, 0.05) is 25.3 Å². The van der Waals surface area contributed by atoms with E-state index in [0.29, 0.717) is 31.2 Å². The molecular formula is C19H30N2O5. The number of hydrogen-bond donors (Lipinski definition) is 3. The fraction of sp³-hybridized carbons (Fsp3) is 0.737. The zero-order valence-electron chi connectivity index (χ0n) is 15.4. The van der Waals surface area contributed by atoms with Gasteiger partial charge in [0.15, 0.2) is 0 Å². The Morgan fingerprint density at radius 1 is 1.08 bits per heavy atom. The van der Waals surface area contributed by atoms with E-state index in [-0.39, 0.29) is 37.0 Å². The first-order valence-electron chi connectivity index (χ1n) is 9.57. The first kappa shape index (κ1) is 20.4. The van der Waals surface area contributed by atoms with Gasteiger partial charge in [-0.1, -0.05) is 19.1 Å². The number of carboxylic acids is 1. The highest BCUT2D eigenvalue weighted by atomic mass is 16.5. The fourth-order valence-corrected chi connectivity index (χ4v) is 3.82. The van der Waals surface area contributed by atoms with Crippen LogP contribution in [-0.4, -0.2) is 48.2 Å². The van der Waals surface area contributed by atoms with Crippen LogP contribution in [0.3, 0.4) is 0 Å². The molecule has 0 unspecified atom stereocenters. The Kier molecular flexibility index (Phi) is 8.09. The maximum absolute atomic E-state index is 11.9. The second-order valence-electron chi connectivity index (χ2n) is 7.05. The number of unbranched alkanes of at least 4 members (excludes halogenated alkanes) is 1. The van der Waals surface area contributed by atoms with Crippen LogP contribution < -0.4 is 10.6 Å². The van der Waals surface area contributed by atoms with E-state index in [1.165, 1.54) is 0 Å². The molecule has 0 aliphatic carbocycles. The summed E-state index contributed by atoms with van der Waals surface area (Å²) < 4.78 is 6.02. The Morgan fingerprint density at radius 2 is 1.81 bits per heavy atom. The van der Waals surface area contributed by atoms with Gasteiger partial charge >= 0.3 is 5.97 Å². The van der Waals surface area contributed by atoms with E-state index < -0.39 is 5.97 Å². The summed E-state index contributed by atoms with van der Waals surface area (Å²) in [5.41, 5.74) is 0. The van der Waals surface area contributed by atoms with Gasteiger partial charge in [0.05, 0.1) is 18.8 Å². The molecule has 0 aromatic heterocycles. The lowest BCUT2D eigenvalue weighted by Gasteiger charge is -2.27. The molecule has 7 heteroatoms. The second-order valence-corrected chi connectivity index (χ2v) is 7.05. The van der Waals surface area contributed by atoms with E-state index in [9.17, 15) is 14.4 Å². The van der Waals surface area contributed by atoms with Gasteiger partial charge in [-0.15, -0.1) is 0 Å². The number of rotatable bonds is 11. The normalized spacial score (nSPS) is 27.0. The number of ether oxygens (including phenoxy) is 1. The molecule has 3 N–H and O–H groups in total. The molecule has 0 radical (unpaired) electrons. The van der Waals surface area contributed by atoms with Crippen LogP contribution in [0, 0.1) is 11.8 Å². The number of nitrogens with one attached hydrogen (secondary N) is 2. The fourth-order valence-electron chi connectivity index (χ4n) is 3.82. The van der Waals surface area contributed by atoms with Gasteiger partial charge in [0.1, 0.15) is 0 Å². The minimum Gasteiger partial charge on any atom is -0.481 e. The Morgan fingerprint density at radius 3 is 2.50 bits per heavy atom. The van der Waals surface area contributed by atoms with Gasteiger partial charge in [-0.05, 0) is 38.0 Å². The second kappa shape index (κ2) is 10.3. The molecular weight excluding hydrogens is 336 g/mol. The van der Waals surface area contributed by atoms with Crippen molar-refractivity contribution < 1.29 is 24.2 Å². The van der Waals surface area contributed by atoms with Gasteiger partial charge in [-0.3, -0.25) is 14.4 Å². The quantitative estimate of drug-likeness (QED) is 0.381. The van der Waals surface area contributed by atoms with Gasteiger partial charge in [0.2, 0.25) is 11.8 Å². The molecule has 146 valence electrons. The topological polar surface area (TPSA) is 105 Å². The van der Waals surface area contributed by atoms with Crippen molar-refractivity contribution in [2.24, 2.45) is 11.8 Å². The van der Waals surface area contributed by atoms with Crippen molar-refractivity contribution in [2.75, 3.05) is 13.1 Å². The predicted octanol–water partition coefficient (Wildman–Crippen LogP) is 1.62. The Hall–Kier alpha value is -1.89. The maximum Gasteiger partial charge on any atom is 0.303 e. The van der Waals surface area contributed by atoms with Crippen molar-refractivity contribution in [3.05, 3.63) is 12.2 Å². The Balaban J connectivity index is 1.73. The van der Waals surface area contributed by atoms with E-state index in [1.807, 2.05) is 6.08 Å². The molecule has 2 amide bonds. The van der Waals surface area contributed by atoms with Crippen LogP contribution in [0.4, 0.5) is 0 Å². The monoisotopic (exact) mass is 366 g/mol. The molecule has 2 heterocycles. The van der Waals surface area contributed by atoms with Gasteiger partial charge in [0.25, 0.3) is 0 Å². The van der Waals surface area contributed by atoms with Crippen LogP contribution in [-0.2, 0) is 19.1 Å². The summed E-state index contributed by atoms with van der Waals surface area (Å²) in [5.74, 6) is -0.379. The van der Waals surface area contributed by atoms with Crippen molar-refractivity contribution in [2.45, 2.75) is 64.1 Å². The molecule has 0 aromatic rings. The molecule has 2 aliphatic rings. The Bertz CT molecular complexity index is 534. The lowest BCUT2D eigenvalue weighted by molar-refractivity contribution is -0.137. The number of amides is 2. The van der Waals surface area contributed by atoms with E-state index >= 15 is 0 Å². The third-order valence-corrected chi connectivity index (χ3v) is 5.23. The Labute approximate surface area is 154 Å². The van der Waals surface area contributed by atoms with Crippen LogP contribution in [0.5, 0.6) is 0 Å². The molecule has 0 spiro atoms. The maximum atomic E-state index is 11.9. The molecule has 7 nitrogen and oxygen atoms in total. The highest BCUT2D eigenvalue weighted by molar-refractivity contribution is 5.84. The smallest absolute Gasteiger partial charge is 0.303 e. The van der Waals surface area contributed by atoms with Crippen molar-refractivity contribution in [1.29, 1.82) is 0 Å². The zero-order chi connectivity index (χ0) is 18.9. The molecule has 0 saturated carbocycles. The average Bonchev–Trinajstić information content (AvgIpc) is 3.22. The number of allylic oxidation sites excluding steroid dienone is 2. The van der Waals surface area contributed by atoms with Crippen LogP contribution >= 0.6 is 0 Å². The van der Waals surface area contributed by atoms with E-state index in [4.69, 9.17) is 9.84 Å². The highest BCUT2D eigenvalue weighted by Gasteiger charge is 2.47. The first-order chi connectivity index (χ1) is 12.5. The molecule has 2 rings (SSSR count). The third kappa shape index (κ3) is 6.12.